The second-order valence-corrected chi connectivity index (χ2v) is 16.2. The summed E-state index contributed by atoms with van der Waals surface area (Å²) in [7, 11) is 0. The Morgan fingerprint density at radius 2 is 0.954 bits per heavy atom. The fraction of sp³-hybridized carbons (Fsp3) is 0.0714. The molecule has 0 atom stereocenters. The number of aryl methyl sites for hydroxylation is 2. The molecular weight excluding hydrogens is 829 g/mol. The van der Waals surface area contributed by atoms with E-state index >= 15 is 0 Å². The summed E-state index contributed by atoms with van der Waals surface area (Å²) in [5.41, 5.74) is 8.09. The molecule has 0 aliphatic rings. The van der Waals surface area contributed by atoms with E-state index < -0.39 is 23.5 Å². The van der Waals surface area contributed by atoms with Crippen LogP contribution in [0.15, 0.2) is 188 Å². The number of nitrogens with zero attached hydrogens (tertiary/aromatic N) is 3. The van der Waals surface area contributed by atoms with Crippen LogP contribution in [0.1, 0.15) is 22.3 Å². The fourth-order valence-electron chi connectivity index (χ4n) is 8.73. The summed E-state index contributed by atoms with van der Waals surface area (Å²) in [6.07, 6.45) is -9.23. The van der Waals surface area contributed by atoms with Crippen LogP contribution in [0.3, 0.4) is 0 Å². The average Bonchev–Trinajstić information content (AvgIpc) is 3.64. The lowest BCUT2D eigenvalue weighted by Gasteiger charge is -2.22. The van der Waals surface area contributed by atoms with Gasteiger partial charge in [-0.15, -0.1) is 0 Å². The Labute approximate surface area is 371 Å². The predicted octanol–water partition coefficient (Wildman–Crippen LogP) is 16.2. The Balaban J connectivity index is 1.32. The molecule has 0 radical (unpaired) electrons. The zero-order valence-corrected chi connectivity index (χ0v) is 35.0. The van der Waals surface area contributed by atoms with Gasteiger partial charge >= 0.3 is 12.4 Å². The first-order valence-corrected chi connectivity index (χ1v) is 20.9. The smallest absolute Gasteiger partial charge is 0.308 e. The zero-order valence-electron chi connectivity index (χ0n) is 35.0. The molecule has 318 valence electrons. The molecule has 0 bridgehead atoms. The van der Waals surface area contributed by atoms with Gasteiger partial charge in [-0.25, -0.2) is 9.97 Å². The molecule has 0 spiro atoms. The molecular formula is C56H37F6N3. The number of fused-ring (bicyclic) bond motifs is 3. The van der Waals surface area contributed by atoms with Gasteiger partial charge < -0.3 is 4.57 Å². The first-order chi connectivity index (χ1) is 31.3. The van der Waals surface area contributed by atoms with Crippen molar-refractivity contribution in [2.24, 2.45) is 0 Å². The highest BCUT2D eigenvalue weighted by Gasteiger charge is 2.34. The number of halogens is 6. The number of hydrogen-bond donors (Lipinski definition) is 0. The average molecular weight is 866 g/mol. The van der Waals surface area contributed by atoms with Gasteiger partial charge in [0.1, 0.15) is 0 Å². The van der Waals surface area contributed by atoms with E-state index in [1.807, 2.05) is 139 Å². The van der Waals surface area contributed by atoms with Crippen LogP contribution in [-0.4, -0.2) is 14.5 Å². The van der Waals surface area contributed by atoms with Gasteiger partial charge in [0.25, 0.3) is 0 Å². The van der Waals surface area contributed by atoms with Crippen LogP contribution in [0.5, 0.6) is 0 Å². The normalized spacial score (nSPS) is 12.0. The maximum Gasteiger partial charge on any atom is 0.417 e. The summed E-state index contributed by atoms with van der Waals surface area (Å²) in [5.74, 6) is 0.476. The number of rotatable bonds is 7. The number of aromatic nitrogens is 3. The Kier molecular flexibility index (Phi) is 10.2. The van der Waals surface area contributed by atoms with E-state index in [4.69, 9.17) is 9.97 Å². The fourth-order valence-corrected chi connectivity index (χ4v) is 8.73. The molecule has 0 N–H and O–H groups in total. The maximum absolute atomic E-state index is 14.6. The highest BCUT2D eigenvalue weighted by Crippen LogP contribution is 2.46. The number of alkyl halides is 6. The van der Waals surface area contributed by atoms with Crippen molar-refractivity contribution in [3.8, 4) is 73.0 Å². The summed E-state index contributed by atoms with van der Waals surface area (Å²) in [5, 5.41) is 1.44. The molecule has 8 aromatic carbocycles. The lowest BCUT2D eigenvalue weighted by atomic mass is 9.90. The second kappa shape index (κ2) is 16.1. The predicted molar refractivity (Wildman–Crippen MR) is 248 cm³/mol. The van der Waals surface area contributed by atoms with Crippen molar-refractivity contribution in [3.05, 3.63) is 210 Å². The number of benzene rings is 8. The molecule has 0 fully saturated rings. The Morgan fingerprint density at radius 3 is 1.63 bits per heavy atom. The molecule has 2 heterocycles. The molecule has 65 heavy (non-hydrogen) atoms. The molecule has 0 saturated heterocycles. The molecule has 10 rings (SSSR count). The highest BCUT2D eigenvalue weighted by molar-refractivity contribution is 6.12. The first-order valence-electron chi connectivity index (χ1n) is 20.9. The maximum atomic E-state index is 14.6. The van der Waals surface area contributed by atoms with Crippen LogP contribution in [0.2, 0.25) is 0 Å². The van der Waals surface area contributed by atoms with Crippen LogP contribution in [0.4, 0.5) is 26.3 Å². The van der Waals surface area contributed by atoms with Crippen LogP contribution < -0.4 is 0 Å². The molecule has 0 unspecified atom stereocenters. The third-order valence-corrected chi connectivity index (χ3v) is 11.8. The summed E-state index contributed by atoms with van der Waals surface area (Å²) in [6, 6.07) is 55.5. The van der Waals surface area contributed by atoms with Crippen molar-refractivity contribution >= 4 is 21.8 Å². The van der Waals surface area contributed by atoms with E-state index in [9.17, 15) is 26.3 Å². The van der Waals surface area contributed by atoms with E-state index in [0.717, 1.165) is 45.8 Å². The summed E-state index contributed by atoms with van der Waals surface area (Å²) >= 11 is 0. The third kappa shape index (κ3) is 7.84. The van der Waals surface area contributed by atoms with E-state index in [2.05, 4.69) is 0 Å². The van der Waals surface area contributed by atoms with Gasteiger partial charge in [0.2, 0.25) is 0 Å². The summed E-state index contributed by atoms with van der Waals surface area (Å²) in [4.78, 5) is 10.1. The molecule has 2 aromatic heterocycles. The number of para-hydroxylation sites is 1. The Bertz CT molecular complexity index is 3370. The highest BCUT2D eigenvalue weighted by atomic mass is 19.4. The minimum Gasteiger partial charge on any atom is -0.308 e. The van der Waals surface area contributed by atoms with Gasteiger partial charge in [-0.2, -0.15) is 26.3 Å². The van der Waals surface area contributed by atoms with Crippen molar-refractivity contribution < 1.29 is 26.3 Å². The van der Waals surface area contributed by atoms with Crippen molar-refractivity contribution in [1.82, 2.24) is 14.5 Å². The summed E-state index contributed by atoms with van der Waals surface area (Å²) < 4.78 is 89.5. The Hall–Kier alpha value is -7.78. The van der Waals surface area contributed by atoms with E-state index in [1.54, 1.807) is 37.3 Å². The van der Waals surface area contributed by atoms with E-state index in [-0.39, 0.29) is 5.56 Å². The molecule has 0 aliphatic heterocycles. The SMILES string of the molecule is Cc1cccc(-c2cc(-c3cc(-c4ccccc4)nc(-c4ccccc4)n3)cc(-c3cccc(C(F)(F)F)c3)c2-n2c3ccccc3c3cc(-c4ccc(C)cc4C(F)(F)F)ccc32)c1. The van der Waals surface area contributed by atoms with Gasteiger partial charge in [0.15, 0.2) is 5.82 Å². The minimum atomic E-state index is -4.64. The van der Waals surface area contributed by atoms with Gasteiger partial charge in [-0.3, -0.25) is 0 Å². The minimum absolute atomic E-state index is 0.0471. The standard InChI is InChI=1S/C56H37F6N3/c1-34-13-11-18-38(27-34)45-31-41(50-33-49(36-14-5-3-6-15-36)63-54(64-50)37-16-7-4-8-17-37)32-46(39-19-12-20-42(29-39)55(57,58)59)53(45)65-51-22-10-9-21-44(51)47-30-40(24-26-52(47)65)43-25-23-35(2)28-48(43)56(60,61)62/h3-33H,1-2H3. The van der Waals surface area contributed by atoms with Crippen LogP contribution in [-0.2, 0) is 12.4 Å². The third-order valence-electron chi connectivity index (χ3n) is 11.8. The number of hydrogen-bond acceptors (Lipinski definition) is 2. The molecule has 10 aromatic rings. The van der Waals surface area contributed by atoms with Gasteiger partial charge in [0, 0.05) is 38.6 Å². The lowest BCUT2D eigenvalue weighted by Crippen LogP contribution is -2.07. The second-order valence-electron chi connectivity index (χ2n) is 16.2. The van der Waals surface area contributed by atoms with Crippen molar-refractivity contribution in [2.75, 3.05) is 0 Å². The van der Waals surface area contributed by atoms with Crippen LogP contribution in [0.25, 0.3) is 94.8 Å². The molecule has 0 aliphatic carbocycles. The molecule has 0 amide bonds. The summed E-state index contributed by atoms with van der Waals surface area (Å²) in [6.45, 7) is 3.61. The zero-order chi connectivity index (χ0) is 45.0. The van der Waals surface area contributed by atoms with Crippen LogP contribution >= 0.6 is 0 Å². The largest absolute Gasteiger partial charge is 0.417 e. The molecule has 3 nitrogen and oxygen atoms in total. The van der Waals surface area contributed by atoms with Crippen molar-refractivity contribution in [2.45, 2.75) is 26.2 Å². The topological polar surface area (TPSA) is 30.7 Å². The van der Waals surface area contributed by atoms with E-state index in [0.29, 0.717) is 72.7 Å². The molecule has 9 heteroatoms. The van der Waals surface area contributed by atoms with Gasteiger partial charge in [-0.05, 0) is 90.7 Å². The van der Waals surface area contributed by atoms with E-state index in [1.165, 1.54) is 12.1 Å². The monoisotopic (exact) mass is 865 g/mol. The molecule has 0 saturated carbocycles. The van der Waals surface area contributed by atoms with Crippen molar-refractivity contribution in [3.63, 3.8) is 0 Å². The Morgan fingerprint density at radius 1 is 0.385 bits per heavy atom. The van der Waals surface area contributed by atoms with Crippen LogP contribution in [0, 0.1) is 13.8 Å². The quantitative estimate of drug-likeness (QED) is 0.149. The first kappa shape index (κ1) is 41.2. The van der Waals surface area contributed by atoms with Gasteiger partial charge in [0.05, 0.1) is 39.2 Å². The van der Waals surface area contributed by atoms with Crippen molar-refractivity contribution in [1.29, 1.82) is 0 Å². The van der Waals surface area contributed by atoms with Gasteiger partial charge in [-0.1, -0.05) is 145 Å². The lowest BCUT2D eigenvalue weighted by molar-refractivity contribution is -0.138.